The number of nitrogens with one attached hydrogen (secondary N) is 1. The Morgan fingerprint density at radius 3 is 2.25 bits per heavy atom. The van der Waals surface area contributed by atoms with Crippen LogP contribution in [0.3, 0.4) is 0 Å². The Bertz CT molecular complexity index is 290. The number of nitrogens with two attached hydrogens (primary N) is 2. The summed E-state index contributed by atoms with van der Waals surface area (Å²) in [5.74, 6) is -0.459. The summed E-state index contributed by atoms with van der Waals surface area (Å²) >= 11 is 0. The van der Waals surface area contributed by atoms with E-state index in [1.54, 1.807) is 13.8 Å². The lowest BCUT2D eigenvalue weighted by molar-refractivity contribution is -0.136. The van der Waals surface area contributed by atoms with Crippen molar-refractivity contribution in [3.63, 3.8) is 0 Å². The summed E-state index contributed by atoms with van der Waals surface area (Å²) in [5.41, 5.74) is 9.74. The number of primary amides is 1. The molecule has 0 heterocycles. The van der Waals surface area contributed by atoms with Gasteiger partial charge in [0.25, 0.3) is 0 Å². The predicted octanol–water partition coefficient (Wildman–Crippen LogP) is -0.257. The van der Waals surface area contributed by atoms with Crippen LogP contribution in [0.1, 0.15) is 33.1 Å². The van der Waals surface area contributed by atoms with E-state index in [4.69, 9.17) is 11.5 Å². The fourth-order valence-electron chi connectivity index (χ4n) is 1.70. The standard InChI is InChI=1S/C11H21N3O2/c1-10(2,8(13)15)7-14-9(16)11(6-12)4-3-5-11/h3-7,12H2,1-2H3,(H2,13,15)(H,14,16). The van der Waals surface area contributed by atoms with Gasteiger partial charge in [-0.15, -0.1) is 0 Å². The van der Waals surface area contributed by atoms with Crippen LogP contribution in [0, 0.1) is 10.8 Å². The van der Waals surface area contributed by atoms with Gasteiger partial charge >= 0.3 is 0 Å². The third kappa shape index (κ3) is 2.35. The minimum absolute atomic E-state index is 0.0458. The van der Waals surface area contributed by atoms with E-state index in [0.29, 0.717) is 6.54 Å². The van der Waals surface area contributed by atoms with Crippen LogP contribution >= 0.6 is 0 Å². The molecule has 5 nitrogen and oxygen atoms in total. The molecule has 1 rings (SSSR count). The Morgan fingerprint density at radius 1 is 1.38 bits per heavy atom. The van der Waals surface area contributed by atoms with E-state index >= 15 is 0 Å². The number of hydrogen-bond acceptors (Lipinski definition) is 3. The van der Waals surface area contributed by atoms with Crippen LogP contribution in [0.4, 0.5) is 0 Å². The molecule has 0 saturated heterocycles. The molecule has 5 N–H and O–H groups in total. The summed E-state index contributed by atoms with van der Waals surface area (Å²) in [6, 6.07) is 0. The maximum atomic E-state index is 11.9. The molecule has 16 heavy (non-hydrogen) atoms. The summed E-state index contributed by atoms with van der Waals surface area (Å²) in [6.45, 7) is 4.07. The maximum Gasteiger partial charge on any atom is 0.227 e. The van der Waals surface area contributed by atoms with Gasteiger partial charge in [0.1, 0.15) is 0 Å². The second-order valence-electron chi connectivity index (χ2n) is 5.27. The monoisotopic (exact) mass is 227 g/mol. The molecular formula is C11H21N3O2. The van der Waals surface area contributed by atoms with Crippen molar-refractivity contribution >= 4 is 11.8 Å². The van der Waals surface area contributed by atoms with E-state index in [-0.39, 0.29) is 12.5 Å². The second kappa shape index (κ2) is 4.41. The molecular weight excluding hydrogens is 206 g/mol. The lowest BCUT2D eigenvalue weighted by Crippen LogP contribution is -2.53. The third-order valence-corrected chi connectivity index (χ3v) is 3.54. The van der Waals surface area contributed by atoms with Crippen molar-refractivity contribution in [2.75, 3.05) is 13.1 Å². The lowest BCUT2D eigenvalue weighted by atomic mass is 9.68. The number of hydrogen-bond donors (Lipinski definition) is 3. The van der Waals surface area contributed by atoms with Crippen LogP contribution in [0.25, 0.3) is 0 Å². The van der Waals surface area contributed by atoms with Gasteiger partial charge in [0, 0.05) is 13.1 Å². The van der Waals surface area contributed by atoms with Gasteiger partial charge in [0.15, 0.2) is 0 Å². The first kappa shape index (κ1) is 13.0. The number of carbonyl (C=O) groups is 2. The van der Waals surface area contributed by atoms with Crippen LogP contribution in [-0.4, -0.2) is 24.9 Å². The first-order valence-corrected chi connectivity index (χ1v) is 5.62. The Kier molecular flexibility index (Phi) is 3.57. The highest BCUT2D eigenvalue weighted by molar-refractivity contribution is 5.85. The van der Waals surface area contributed by atoms with Crippen molar-refractivity contribution in [3.8, 4) is 0 Å². The lowest BCUT2D eigenvalue weighted by Gasteiger charge is -2.39. The largest absolute Gasteiger partial charge is 0.369 e. The van der Waals surface area contributed by atoms with Crippen molar-refractivity contribution in [2.24, 2.45) is 22.3 Å². The Morgan fingerprint density at radius 2 is 1.94 bits per heavy atom. The van der Waals surface area contributed by atoms with Crippen LogP contribution in [0.15, 0.2) is 0 Å². The Labute approximate surface area is 95.9 Å². The van der Waals surface area contributed by atoms with Gasteiger partial charge in [-0.2, -0.15) is 0 Å². The van der Waals surface area contributed by atoms with Gasteiger partial charge in [-0.1, -0.05) is 6.42 Å². The molecule has 0 aliphatic heterocycles. The molecule has 0 aromatic rings. The van der Waals surface area contributed by atoms with Gasteiger partial charge in [-0.25, -0.2) is 0 Å². The second-order valence-corrected chi connectivity index (χ2v) is 5.27. The molecule has 1 fully saturated rings. The third-order valence-electron chi connectivity index (χ3n) is 3.54. The molecule has 0 unspecified atom stereocenters. The normalized spacial score (nSPS) is 18.7. The Hall–Kier alpha value is -1.10. The Balaban J connectivity index is 2.50. The van der Waals surface area contributed by atoms with Crippen LogP contribution < -0.4 is 16.8 Å². The highest BCUT2D eigenvalue weighted by Gasteiger charge is 2.43. The topological polar surface area (TPSA) is 98.2 Å². The highest BCUT2D eigenvalue weighted by Crippen LogP contribution is 2.40. The highest BCUT2D eigenvalue weighted by atomic mass is 16.2. The van der Waals surface area contributed by atoms with Crippen molar-refractivity contribution in [3.05, 3.63) is 0 Å². The molecule has 0 bridgehead atoms. The van der Waals surface area contributed by atoms with E-state index in [1.165, 1.54) is 0 Å². The summed E-state index contributed by atoms with van der Waals surface area (Å²) in [5, 5.41) is 2.78. The van der Waals surface area contributed by atoms with Crippen molar-refractivity contribution < 1.29 is 9.59 Å². The summed E-state index contributed by atoms with van der Waals surface area (Å²) < 4.78 is 0. The van der Waals surface area contributed by atoms with Crippen molar-refractivity contribution in [1.29, 1.82) is 0 Å². The zero-order valence-electron chi connectivity index (χ0n) is 10.0. The molecule has 1 aliphatic rings. The van der Waals surface area contributed by atoms with Crippen LogP contribution in [0.2, 0.25) is 0 Å². The van der Waals surface area contributed by atoms with E-state index in [0.717, 1.165) is 19.3 Å². The van der Waals surface area contributed by atoms with Crippen molar-refractivity contribution in [1.82, 2.24) is 5.32 Å². The molecule has 0 aromatic heterocycles. The minimum Gasteiger partial charge on any atom is -0.369 e. The molecule has 0 spiro atoms. The molecule has 92 valence electrons. The fraction of sp³-hybridized carbons (Fsp3) is 0.818. The molecule has 5 heteroatoms. The number of carbonyl (C=O) groups excluding carboxylic acids is 2. The maximum absolute atomic E-state index is 11.9. The van der Waals surface area contributed by atoms with E-state index in [1.807, 2.05) is 0 Å². The van der Waals surface area contributed by atoms with Gasteiger partial charge in [-0.3, -0.25) is 9.59 Å². The van der Waals surface area contributed by atoms with Gasteiger partial charge in [0.05, 0.1) is 10.8 Å². The molecule has 0 atom stereocenters. The molecule has 1 aliphatic carbocycles. The van der Waals surface area contributed by atoms with Gasteiger partial charge in [-0.05, 0) is 26.7 Å². The zero-order chi connectivity index (χ0) is 12.4. The number of rotatable bonds is 5. The SMILES string of the molecule is CC(C)(CNC(=O)C1(CN)CCC1)C(N)=O. The number of amides is 2. The first-order chi connectivity index (χ1) is 7.34. The van der Waals surface area contributed by atoms with Crippen molar-refractivity contribution in [2.45, 2.75) is 33.1 Å². The quantitative estimate of drug-likeness (QED) is 0.603. The predicted molar refractivity (Wildman–Crippen MR) is 61.3 cm³/mol. The van der Waals surface area contributed by atoms with Gasteiger partial charge < -0.3 is 16.8 Å². The minimum atomic E-state index is -0.713. The smallest absolute Gasteiger partial charge is 0.227 e. The van der Waals surface area contributed by atoms with E-state index < -0.39 is 16.7 Å². The van der Waals surface area contributed by atoms with Crippen LogP contribution in [-0.2, 0) is 9.59 Å². The summed E-state index contributed by atoms with van der Waals surface area (Å²) in [6.07, 6.45) is 2.72. The zero-order valence-corrected chi connectivity index (χ0v) is 10.0. The molecule has 0 radical (unpaired) electrons. The molecule has 1 saturated carbocycles. The average molecular weight is 227 g/mol. The molecule has 2 amide bonds. The van der Waals surface area contributed by atoms with Gasteiger partial charge in [0.2, 0.25) is 11.8 Å². The van der Waals surface area contributed by atoms with Crippen LogP contribution in [0.5, 0.6) is 0 Å². The fourth-order valence-corrected chi connectivity index (χ4v) is 1.70. The summed E-state index contributed by atoms with van der Waals surface area (Å²) in [7, 11) is 0. The van der Waals surface area contributed by atoms with E-state index in [9.17, 15) is 9.59 Å². The first-order valence-electron chi connectivity index (χ1n) is 5.62. The average Bonchev–Trinajstić information content (AvgIpc) is 2.14. The summed E-state index contributed by atoms with van der Waals surface area (Å²) in [4.78, 5) is 23.0. The van der Waals surface area contributed by atoms with E-state index in [2.05, 4.69) is 5.32 Å². The molecule has 0 aromatic carbocycles.